The van der Waals surface area contributed by atoms with Gasteiger partial charge in [-0.15, -0.1) is 0 Å². The molecule has 2 aliphatic heterocycles. The number of halogens is 4. The number of hydrogen-bond donors (Lipinski definition) is 12. The smallest absolute Gasteiger partial charge is 0.300 e. The number of benzene rings is 5. The van der Waals surface area contributed by atoms with Gasteiger partial charge in [0.2, 0.25) is 34.4 Å². The number of anilines is 9. The molecule has 3 aliphatic rings. The van der Waals surface area contributed by atoms with Crippen molar-refractivity contribution in [1.82, 2.24) is 34.9 Å². The second-order valence-corrected chi connectivity index (χ2v) is 27.1. The van der Waals surface area contributed by atoms with Crippen LogP contribution < -0.4 is 42.0 Å². The molecule has 0 atom stereocenters. The highest BCUT2D eigenvalue weighted by molar-refractivity contribution is 7.87. The Kier molecular flexibility index (Phi) is 17.5. The first-order valence-corrected chi connectivity index (χ1v) is 33.3. The molecular weight excluding hydrogens is 1350 g/mol. The van der Waals surface area contributed by atoms with Crippen LogP contribution in [0.3, 0.4) is 0 Å². The molecular formula is C42H34Cl4N14O20S6. The lowest BCUT2D eigenvalue weighted by molar-refractivity contribution is 0.449. The maximum Gasteiger partial charge on any atom is 0.300 e. The average Bonchev–Trinajstić information content (AvgIpc) is 0.747. The van der Waals surface area contributed by atoms with E-state index in [0.717, 1.165) is 12.1 Å². The average molecular weight is 1390 g/mol. The molecule has 0 radical (unpaired) electrons. The van der Waals surface area contributed by atoms with Gasteiger partial charge in [0.15, 0.2) is 32.6 Å². The zero-order chi connectivity index (χ0) is 62.6. The van der Waals surface area contributed by atoms with Gasteiger partial charge < -0.3 is 41.1 Å². The quantitative estimate of drug-likeness (QED) is 0.0221. The summed E-state index contributed by atoms with van der Waals surface area (Å²) in [6.45, 7) is -0.157. The first-order chi connectivity index (χ1) is 40.0. The van der Waals surface area contributed by atoms with Crippen LogP contribution in [0.4, 0.5) is 52.2 Å². The van der Waals surface area contributed by atoms with E-state index in [2.05, 4.69) is 71.8 Å². The van der Waals surface area contributed by atoms with Crippen molar-refractivity contribution >= 4 is 170 Å². The number of ether oxygens (including phenoxy) is 1. The van der Waals surface area contributed by atoms with E-state index in [9.17, 15) is 77.8 Å². The van der Waals surface area contributed by atoms with E-state index >= 15 is 0 Å². The first kappa shape index (κ1) is 63.2. The lowest BCUT2D eigenvalue weighted by Crippen LogP contribution is -2.19. The molecule has 0 unspecified atom stereocenters. The van der Waals surface area contributed by atoms with E-state index in [1.807, 2.05) is 0 Å². The minimum absolute atomic E-state index is 0.00811. The number of aromatic nitrogens is 7. The van der Waals surface area contributed by atoms with Gasteiger partial charge in [0.05, 0.1) is 37.9 Å². The second-order valence-electron chi connectivity index (χ2n) is 17.3. The normalized spacial score (nSPS) is 13.2. The molecule has 0 bridgehead atoms. The van der Waals surface area contributed by atoms with Crippen LogP contribution in [0, 0.1) is 0 Å². The van der Waals surface area contributed by atoms with E-state index in [0.29, 0.717) is 24.3 Å². The maximum atomic E-state index is 13.0. The summed E-state index contributed by atoms with van der Waals surface area (Å²) in [5.41, 5.74) is -2.36. The predicted octanol–water partition coefficient (Wildman–Crippen LogP) is 6.05. The largest absolute Gasteiger partial charge is 0.450 e. The third-order valence-electron chi connectivity index (χ3n) is 11.5. The van der Waals surface area contributed by atoms with Crippen molar-refractivity contribution in [2.24, 2.45) is 4.99 Å². The monoisotopic (exact) mass is 1390 g/mol. The molecule has 12 N–H and O–H groups in total. The summed E-state index contributed by atoms with van der Waals surface area (Å²) < 4.78 is 218. The highest BCUT2D eigenvalue weighted by Gasteiger charge is 2.35. The molecule has 456 valence electrons. The Morgan fingerprint density at radius 3 is 1.52 bits per heavy atom. The SMILES string of the molecule is O=S(=O)(O)c1ccc(S(=O)(=O)O)c(Nc2nc(Cl)nc(NCCCN=c3ccc4nc5c(Cl)c6c(c(Cl)c5oc-4c3S(=O)(=O)O)Nc3ccc(NCCCNc4nc(Cl)nc(Nc5cc(S(=O)(=O)O)ccc5S(=O)(=O)O)n4)c(S(=O)(=O)O)c3O6)n2)c1. The molecule has 0 spiro atoms. The van der Waals surface area contributed by atoms with Crippen LogP contribution in [-0.2, 0) is 60.7 Å². The third-order valence-corrected chi connectivity index (χ3v) is 17.9. The number of hydrogen-bond acceptors (Lipinski definition) is 28. The minimum atomic E-state index is -5.18. The molecule has 0 saturated heterocycles. The second kappa shape index (κ2) is 23.8. The van der Waals surface area contributed by atoms with Crippen LogP contribution in [0.15, 0.2) is 99.4 Å². The molecule has 0 amide bonds. The fraction of sp³-hybridized carbons (Fsp3) is 0.143. The van der Waals surface area contributed by atoms with Crippen LogP contribution in [0.2, 0.25) is 20.6 Å². The van der Waals surface area contributed by atoms with Crippen molar-refractivity contribution in [3.05, 3.63) is 86.6 Å². The molecule has 86 heavy (non-hydrogen) atoms. The standard InChI is InChI=1S/C42H34Cl4N14O20S6/c43-27-30-34(80-32-20(52-30)6-8-22(36(32)86(76,77)78)48-12-2-14-50-40-56-38(46)58-42(60-40)54-24-16-18(82(64,65)66)4-10-26(24)84(70,71)72)28(44)29-33(27)79-31-19(51-29)5-7-21(35(31)85(73,74)75)47-11-1-13-49-39-55-37(45)57-41(59-39)53-23-15-17(81(61,62)63)3-9-25(23)83(67,68)69/h3-10,15-16,47,51H,1-2,11-14H2,(H,61,62,63)(H,64,65,66)(H,67,68,69)(H,70,71,72)(H,73,74,75)(H,76,77,78)(H2,49,53,55,57,59)(H2,50,54,56,58,60). The number of fused-ring (bicyclic) bond motifs is 4. The van der Waals surface area contributed by atoms with Gasteiger partial charge in [-0.2, -0.15) is 80.4 Å². The summed E-state index contributed by atoms with van der Waals surface area (Å²) in [6, 6.07) is 9.28. The number of nitrogens with one attached hydrogen (secondary N) is 6. The van der Waals surface area contributed by atoms with Gasteiger partial charge in [-0.05, 0) is 96.7 Å². The van der Waals surface area contributed by atoms with Gasteiger partial charge in [0, 0.05) is 26.2 Å². The Bertz CT molecular complexity index is 4900. The van der Waals surface area contributed by atoms with Gasteiger partial charge in [0.1, 0.15) is 36.7 Å². The van der Waals surface area contributed by atoms with Gasteiger partial charge >= 0.3 is 10.1 Å². The van der Waals surface area contributed by atoms with E-state index in [1.165, 1.54) is 24.3 Å². The van der Waals surface area contributed by atoms with Gasteiger partial charge in [0.25, 0.3) is 50.6 Å². The highest BCUT2D eigenvalue weighted by Crippen LogP contribution is 2.55. The fourth-order valence-electron chi connectivity index (χ4n) is 7.94. The zero-order valence-corrected chi connectivity index (χ0v) is 49.9. The van der Waals surface area contributed by atoms with Crippen LogP contribution >= 0.6 is 46.4 Å². The van der Waals surface area contributed by atoms with Crippen molar-refractivity contribution < 1.29 is 87.0 Å². The molecule has 4 aromatic carbocycles. The van der Waals surface area contributed by atoms with Crippen molar-refractivity contribution in [3.8, 4) is 23.0 Å². The van der Waals surface area contributed by atoms with E-state index in [-0.39, 0.29) is 106 Å². The van der Waals surface area contributed by atoms with Gasteiger partial charge in [-0.3, -0.25) is 32.3 Å². The summed E-state index contributed by atoms with van der Waals surface area (Å²) in [4.78, 5) is 27.5. The lowest BCUT2D eigenvalue weighted by atomic mass is 10.1. The van der Waals surface area contributed by atoms with Gasteiger partial charge in [-0.1, -0.05) is 23.2 Å². The number of nitrogens with zero attached hydrogens (tertiary/aromatic N) is 8. The molecule has 0 fully saturated rings. The third kappa shape index (κ3) is 14.1. The predicted molar refractivity (Wildman–Crippen MR) is 304 cm³/mol. The van der Waals surface area contributed by atoms with E-state index < -0.39 is 135 Å². The molecule has 2 aromatic heterocycles. The Hall–Kier alpha value is -7.26. The molecule has 44 heteroatoms. The summed E-state index contributed by atoms with van der Waals surface area (Å²) in [5.74, 6) is -2.63. The molecule has 9 rings (SSSR count). The lowest BCUT2D eigenvalue weighted by Gasteiger charge is -2.27. The van der Waals surface area contributed by atoms with E-state index in [1.54, 1.807) is 0 Å². The summed E-state index contributed by atoms with van der Waals surface area (Å²) >= 11 is 25.8. The minimum Gasteiger partial charge on any atom is -0.450 e. The van der Waals surface area contributed by atoms with E-state index in [4.69, 9.17) is 55.6 Å². The Balaban J connectivity index is 0.904. The van der Waals surface area contributed by atoms with Crippen molar-refractivity contribution in [1.29, 1.82) is 0 Å². The molecule has 1 aliphatic carbocycles. The summed E-state index contributed by atoms with van der Waals surface area (Å²) in [7, 11) is -29.9. The Morgan fingerprint density at radius 1 is 0.500 bits per heavy atom. The van der Waals surface area contributed by atoms with Crippen LogP contribution in [0.25, 0.3) is 22.6 Å². The molecule has 0 saturated carbocycles. The van der Waals surface area contributed by atoms with Crippen LogP contribution in [0.5, 0.6) is 11.5 Å². The fourth-order valence-corrected chi connectivity index (χ4v) is 12.6. The first-order valence-electron chi connectivity index (χ1n) is 23.2. The molecule has 6 aromatic rings. The van der Waals surface area contributed by atoms with Gasteiger partial charge in [-0.25, -0.2) is 4.98 Å². The van der Waals surface area contributed by atoms with Crippen LogP contribution in [0.1, 0.15) is 12.8 Å². The maximum absolute atomic E-state index is 13.0. The van der Waals surface area contributed by atoms with Crippen molar-refractivity contribution in [2.75, 3.05) is 58.1 Å². The zero-order valence-electron chi connectivity index (χ0n) is 42.0. The summed E-state index contributed by atoms with van der Waals surface area (Å²) in [5, 5.41) is 14.2. The topological polar surface area (TPSA) is 523 Å². The molecule has 4 heterocycles. The molecule has 34 nitrogen and oxygen atoms in total. The van der Waals surface area contributed by atoms with Crippen molar-refractivity contribution in [2.45, 2.75) is 42.2 Å². The Morgan fingerprint density at radius 2 is 1.01 bits per heavy atom. The number of rotatable bonds is 21. The van der Waals surface area contributed by atoms with Crippen LogP contribution in [-0.4, -0.2) is 139 Å². The van der Waals surface area contributed by atoms with Crippen molar-refractivity contribution in [3.63, 3.8) is 0 Å². The summed E-state index contributed by atoms with van der Waals surface area (Å²) in [6.07, 6.45) is 0.253. The highest BCUT2D eigenvalue weighted by atomic mass is 35.5. The Labute approximate surface area is 503 Å².